The summed E-state index contributed by atoms with van der Waals surface area (Å²) >= 11 is 0. The van der Waals surface area contributed by atoms with Gasteiger partial charge in [-0.1, -0.05) is 0 Å². The molecule has 0 bridgehead atoms. The maximum Gasteiger partial charge on any atom is 0.417 e. The molecule has 0 aliphatic rings. The lowest BCUT2D eigenvalue weighted by molar-refractivity contribution is -0.137. The van der Waals surface area contributed by atoms with Gasteiger partial charge in [-0.2, -0.15) is 13.2 Å². The van der Waals surface area contributed by atoms with Gasteiger partial charge < -0.3 is 4.74 Å². The molecule has 0 atom stereocenters. The van der Waals surface area contributed by atoms with Crippen LogP contribution in [0.25, 0.3) is 0 Å². The molecular formula is C7H5F3NO. The van der Waals surface area contributed by atoms with Gasteiger partial charge >= 0.3 is 6.18 Å². The highest BCUT2D eigenvalue weighted by molar-refractivity contribution is 5.18. The van der Waals surface area contributed by atoms with Crippen molar-refractivity contribution < 1.29 is 17.9 Å². The molecule has 1 aromatic rings. The van der Waals surface area contributed by atoms with Crippen molar-refractivity contribution >= 4 is 0 Å². The van der Waals surface area contributed by atoms with Crippen LogP contribution >= 0.6 is 0 Å². The van der Waals surface area contributed by atoms with Crippen LogP contribution in [0.2, 0.25) is 0 Å². The van der Waals surface area contributed by atoms with E-state index >= 15 is 0 Å². The first-order valence-corrected chi connectivity index (χ1v) is 3.03. The Kier molecular flexibility index (Phi) is 2.21. The van der Waals surface area contributed by atoms with Crippen molar-refractivity contribution in [1.82, 2.24) is 4.98 Å². The minimum Gasteiger partial charge on any atom is -0.481 e. The van der Waals surface area contributed by atoms with Crippen LogP contribution in [-0.2, 0) is 6.18 Å². The van der Waals surface area contributed by atoms with Crippen molar-refractivity contribution in [2.24, 2.45) is 0 Å². The van der Waals surface area contributed by atoms with E-state index in [4.69, 9.17) is 0 Å². The molecule has 0 amide bonds. The molecule has 5 heteroatoms. The first kappa shape index (κ1) is 8.83. The Labute approximate surface area is 67.0 Å². The number of halogens is 3. The van der Waals surface area contributed by atoms with E-state index in [-0.39, 0.29) is 5.88 Å². The highest BCUT2D eigenvalue weighted by atomic mass is 19.4. The van der Waals surface area contributed by atoms with Crippen LogP contribution in [0.4, 0.5) is 13.2 Å². The minimum atomic E-state index is -4.37. The molecule has 0 saturated heterocycles. The minimum absolute atomic E-state index is 0.0444. The van der Waals surface area contributed by atoms with Crippen LogP contribution < -0.4 is 4.74 Å². The van der Waals surface area contributed by atoms with Crippen molar-refractivity contribution in [1.29, 1.82) is 0 Å². The third kappa shape index (κ3) is 1.87. The van der Waals surface area contributed by atoms with Crippen LogP contribution in [0.15, 0.2) is 12.3 Å². The summed E-state index contributed by atoms with van der Waals surface area (Å²) in [7, 11) is 1.31. The van der Waals surface area contributed by atoms with E-state index in [1.807, 2.05) is 0 Å². The van der Waals surface area contributed by atoms with Gasteiger partial charge in [0.25, 0.3) is 0 Å². The zero-order valence-electron chi connectivity index (χ0n) is 6.14. The smallest absolute Gasteiger partial charge is 0.417 e. The maximum absolute atomic E-state index is 11.9. The standard InChI is InChI=1S/C7H5F3NO/c1-12-6-3-2-5(4-11-6)7(8,9)10/h2,4H,1H3. The van der Waals surface area contributed by atoms with Crippen LogP contribution in [0, 0.1) is 6.07 Å². The lowest BCUT2D eigenvalue weighted by Crippen LogP contribution is -2.05. The predicted octanol–water partition coefficient (Wildman–Crippen LogP) is 1.91. The highest BCUT2D eigenvalue weighted by Crippen LogP contribution is 2.28. The molecule has 0 spiro atoms. The summed E-state index contributed by atoms with van der Waals surface area (Å²) in [6.45, 7) is 0. The van der Waals surface area contributed by atoms with Crippen molar-refractivity contribution in [3.05, 3.63) is 23.9 Å². The molecule has 1 radical (unpaired) electrons. The monoisotopic (exact) mass is 176 g/mol. The van der Waals surface area contributed by atoms with E-state index in [0.717, 1.165) is 6.07 Å². The number of nitrogens with zero attached hydrogens (tertiary/aromatic N) is 1. The maximum atomic E-state index is 11.9. The van der Waals surface area contributed by atoms with Crippen molar-refractivity contribution in [2.75, 3.05) is 7.11 Å². The van der Waals surface area contributed by atoms with Crippen LogP contribution in [-0.4, -0.2) is 12.1 Å². The molecular weight excluding hydrogens is 171 g/mol. The molecule has 65 valence electrons. The number of aromatic nitrogens is 1. The predicted molar refractivity (Wildman–Crippen MR) is 34.6 cm³/mol. The number of methoxy groups -OCH3 is 1. The van der Waals surface area contributed by atoms with E-state index in [1.54, 1.807) is 0 Å². The van der Waals surface area contributed by atoms with Crippen molar-refractivity contribution in [2.45, 2.75) is 6.18 Å². The molecule has 0 aliphatic heterocycles. The second kappa shape index (κ2) is 3.00. The van der Waals surface area contributed by atoms with Crippen molar-refractivity contribution in [3.8, 4) is 5.88 Å². The van der Waals surface area contributed by atoms with Gasteiger partial charge in [0.15, 0.2) is 0 Å². The Morgan fingerprint density at radius 3 is 2.50 bits per heavy atom. The van der Waals surface area contributed by atoms with Gasteiger partial charge in [0, 0.05) is 12.3 Å². The number of hydrogen-bond acceptors (Lipinski definition) is 2. The fourth-order valence-corrected chi connectivity index (χ4v) is 0.609. The molecule has 1 rings (SSSR count). The Balaban J connectivity index is 2.93. The molecule has 1 heterocycles. The Bertz CT molecular complexity index is 254. The normalized spacial score (nSPS) is 11.3. The summed E-state index contributed by atoms with van der Waals surface area (Å²) < 4.78 is 40.3. The summed E-state index contributed by atoms with van der Waals surface area (Å²) in [6.07, 6.45) is -3.66. The summed E-state index contributed by atoms with van der Waals surface area (Å²) in [4.78, 5) is 3.37. The Morgan fingerprint density at radius 1 is 1.50 bits per heavy atom. The average Bonchev–Trinajstić information content (AvgIpc) is 2.03. The molecule has 0 N–H and O–H groups in total. The van der Waals surface area contributed by atoms with E-state index in [0.29, 0.717) is 6.20 Å². The second-order valence-corrected chi connectivity index (χ2v) is 2.01. The van der Waals surface area contributed by atoms with Gasteiger partial charge in [-0.05, 0) is 6.07 Å². The largest absolute Gasteiger partial charge is 0.481 e. The summed E-state index contributed by atoms with van der Waals surface area (Å²) in [6, 6.07) is 3.04. The Hall–Kier alpha value is -1.26. The number of hydrogen-bond donors (Lipinski definition) is 0. The summed E-state index contributed by atoms with van der Waals surface area (Å²) in [5.41, 5.74) is -0.830. The molecule has 0 saturated carbocycles. The van der Waals surface area contributed by atoms with Gasteiger partial charge in [-0.3, -0.25) is 0 Å². The SMILES string of the molecule is COc1[c]cc(C(F)(F)F)cn1. The first-order valence-electron chi connectivity index (χ1n) is 3.03. The third-order valence-electron chi connectivity index (χ3n) is 1.19. The fourth-order valence-electron chi connectivity index (χ4n) is 0.609. The second-order valence-electron chi connectivity index (χ2n) is 2.01. The molecule has 12 heavy (non-hydrogen) atoms. The summed E-state index contributed by atoms with van der Waals surface area (Å²) in [5, 5.41) is 0. The van der Waals surface area contributed by atoms with Gasteiger partial charge in [-0.15, -0.1) is 0 Å². The van der Waals surface area contributed by atoms with Crippen molar-refractivity contribution in [3.63, 3.8) is 0 Å². The van der Waals surface area contributed by atoms with E-state index < -0.39 is 11.7 Å². The lowest BCUT2D eigenvalue weighted by Gasteiger charge is -2.05. The highest BCUT2D eigenvalue weighted by Gasteiger charge is 2.30. The molecule has 0 unspecified atom stereocenters. The number of ether oxygens (including phenoxy) is 1. The van der Waals surface area contributed by atoms with Crippen LogP contribution in [0.3, 0.4) is 0 Å². The topological polar surface area (TPSA) is 22.1 Å². The first-order chi connectivity index (χ1) is 5.54. The fraction of sp³-hybridized carbons (Fsp3) is 0.286. The number of pyridine rings is 1. The van der Waals surface area contributed by atoms with Gasteiger partial charge in [0.05, 0.1) is 12.7 Å². The quantitative estimate of drug-likeness (QED) is 0.652. The zero-order chi connectivity index (χ0) is 9.19. The van der Waals surface area contributed by atoms with Crippen LogP contribution in [0.5, 0.6) is 5.88 Å². The molecule has 2 nitrogen and oxygen atoms in total. The lowest BCUT2D eigenvalue weighted by atomic mass is 10.3. The average molecular weight is 176 g/mol. The van der Waals surface area contributed by atoms with E-state index in [9.17, 15) is 13.2 Å². The number of alkyl halides is 3. The third-order valence-corrected chi connectivity index (χ3v) is 1.19. The number of rotatable bonds is 1. The molecule has 0 fully saturated rings. The molecule has 0 aliphatic carbocycles. The van der Waals surface area contributed by atoms with Gasteiger partial charge in [-0.25, -0.2) is 4.98 Å². The Morgan fingerprint density at radius 2 is 2.17 bits per heavy atom. The van der Waals surface area contributed by atoms with E-state index in [2.05, 4.69) is 15.8 Å². The van der Waals surface area contributed by atoms with Crippen LogP contribution in [0.1, 0.15) is 5.56 Å². The zero-order valence-corrected chi connectivity index (χ0v) is 6.14. The molecule has 1 aromatic heterocycles. The summed E-state index contributed by atoms with van der Waals surface area (Å²) in [5.74, 6) is 0.0444. The van der Waals surface area contributed by atoms with Gasteiger partial charge in [0.1, 0.15) is 0 Å². The molecule has 0 aromatic carbocycles. The van der Waals surface area contributed by atoms with E-state index in [1.165, 1.54) is 7.11 Å². The van der Waals surface area contributed by atoms with Gasteiger partial charge in [0.2, 0.25) is 5.88 Å².